The van der Waals surface area contributed by atoms with Crippen molar-refractivity contribution in [2.24, 2.45) is 0 Å². The molecule has 1 aliphatic heterocycles. The molecule has 0 spiro atoms. The Balaban J connectivity index is 1.43. The average molecular weight is 440 g/mol. The molecular weight excluding hydrogens is 414 g/mol. The lowest BCUT2D eigenvalue weighted by Crippen LogP contribution is -2.39. The number of anilines is 1. The van der Waals surface area contributed by atoms with Gasteiger partial charge in [-0.15, -0.1) is 0 Å². The van der Waals surface area contributed by atoms with Gasteiger partial charge >= 0.3 is 0 Å². The van der Waals surface area contributed by atoms with Crippen LogP contribution in [-0.2, 0) is 22.5 Å². The highest BCUT2D eigenvalue weighted by Crippen LogP contribution is 2.21. The number of amides is 1. The van der Waals surface area contributed by atoms with Gasteiger partial charge in [-0.3, -0.25) is 14.5 Å². The molecule has 0 unspecified atom stereocenters. The maximum Gasteiger partial charge on any atom is 0.258 e. The molecule has 6 nitrogen and oxygen atoms in total. The largest absolute Gasteiger partial charge is 0.379 e. The van der Waals surface area contributed by atoms with Gasteiger partial charge in [-0.25, -0.2) is 0 Å². The first-order valence-electron chi connectivity index (χ1n) is 10.6. The second-order valence-corrected chi connectivity index (χ2v) is 8.15. The van der Waals surface area contributed by atoms with Crippen LogP contribution in [0.15, 0.2) is 59.5 Å². The molecule has 2 aromatic carbocycles. The van der Waals surface area contributed by atoms with Gasteiger partial charge in [0.1, 0.15) is 0 Å². The van der Waals surface area contributed by atoms with Crippen LogP contribution in [0.1, 0.15) is 12.0 Å². The average Bonchev–Trinajstić information content (AvgIpc) is 2.79. The third kappa shape index (κ3) is 5.53. The predicted molar refractivity (Wildman–Crippen MR) is 124 cm³/mol. The van der Waals surface area contributed by atoms with Gasteiger partial charge in [0.25, 0.3) is 5.56 Å². The van der Waals surface area contributed by atoms with Crippen molar-refractivity contribution in [1.82, 2.24) is 9.47 Å². The fraction of sp³-hybridized carbons (Fsp3) is 0.333. The first-order chi connectivity index (χ1) is 15.1. The number of hydrogen-bond donors (Lipinski definition) is 1. The van der Waals surface area contributed by atoms with Crippen LogP contribution in [0.5, 0.6) is 0 Å². The van der Waals surface area contributed by atoms with Crippen LogP contribution < -0.4 is 10.9 Å². The number of halogens is 1. The number of benzene rings is 2. The van der Waals surface area contributed by atoms with Crippen molar-refractivity contribution in [2.45, 2.75) is 19.4 Å². The summed E-state index contributed by atoms with van der Waals surface area (Å²) in [5.41, 5.74) is 1.68. The van der Waals surface area contributed by atoms with Crippen molar-refractivity contribution in [1.29, 1.82) is 0 Å². The van der Waals surface area contributed by atoms with E-state index in [4.69, 9.17) is 16.3 Å². The van der Waals surface area contributed by atoms with Crippen LogP contribution in [0.4, 0.5) is 5.69 Å². The van der Waals surface area contributed by atoms with E-state index in [1.807, 2.05) is 54.7 Å². The summed E-state index contributed by atoms with van der Waals surface area (Å²) in [6.45, 7) is 4.73. The quantitative estimate of drug-likeness (QED) is 0.611. The third-order valence-electron chi connectivity index (χ3n) is 5.61. The summed E-state index contributed by atoms with van der Waals surface area (Å²) in [6, 6.07) is 14.9. The van der Waals surface area contributed by atoms with Gasteiger partial charge in [-0.1, -0.05) is 29.8 Å². The summed E-state index contributed by atoms with van der Waals surface area (Å²) < 4.78 is 7.12. The molecule has 162 valence electrons. The molecule has 0 bridgehead atoms. The molecule has 1 amide bonds. The molecule has 1 saturated heterocycles. The van der Waals surface area contributed by atoms with Gasteiger partial charge in [-0.05, 0) is 42.3 Å². The number of ether oxygens (including phenoxy) is 1. The zero-order valence-corrected chi connectivity index (χ0v) is 18.1. The van der Waals surface area contributed by atoms with E-state index in [-0.39, 0.29) is 11.5 Å². The van der Waals surface area contributed by atoms with Crippen LogP contribution in [0.3, 0.4) is 0 Å². The van der Waals surface area contributed by atoms with E-state index in [0.717, 1.165) is 43.8 Å². The number of morpholine rings is 1. The highest BCUT2D eigenvalue weighted by atomic mass is 35.5. The van der Waals surface area contributed by atoms with E-state index in [1.54, 1.807) is 4.57 Å². The Morgan fingerprint density at radius 3 is 2.55 bits per heavy atom. The Morgan fingerprint density at radius 2 is 1.77 bits per heavy atom. The Hall–Kier alpha value is -2.67. The third-order valence-corrected chi connectivity index (χ3v) is 5.86. The number of nitrogens with zero attached hydrogens (tertiary/aromatic N) is 2. The molecule has 0 radical (unpaired) electrons. The minimum absolute atomic E-state index is 0.0389. The van der Waals surface area contributed by atoms with Crippen LogP contribution in [0.25, 0.3) is 10.8 Å². The fourth-order valence-electron chi connectivity index (χ4n) is 3.80. The standard InChI is InChI=1S/C24H26ClN3O3/c25-19-7-4-18(5-8-19)6-9-23(29)26-22-3-1-2-21-20(22)10-11-28(24(21)30)13-12-27-14-16-31-17-15-27/h1-5,7-8,10-11H,6,9,12-17H2,(H,26,29). The van der Waals surface area contributed by atoms with Crippen LogP contribution in [0, 0.1) is 0 Å². The molecule has 0 atom stereocenters. The van der Waals surface area contributed by atoms with Gasteiger partial charge in [0, 0.05) is 60.3 Å². The number of aryl methyl sites for hydroxylation is 1. The van der Waals surface area contributed by atoms with Crippen molar-refractivity contribution in [2.75, 3.05) is 38.2 Å². The molecule has 1 aliphatic rings. The summed E-state index contributed by atoms with van der Waals surface area (Å²) in [7, 11) is 0. The lowest BCUT2D eigenvalue weighted by atomic mass is 10.1. The number of aromatic nitrogens is 1. The van der Waals surface area contributed by atoms with Crippen molar-refractivity contribution in [3.8, 4) is 0 Å². The fourth-order valence-corrected chi connectivity index (χ4v) is 3.92. The second kappa shape index (κ2) is 10.1. The van der Waals surface area contributed by atoms with Gasteiger partial charge in [0.2, 0.25) is 5.91 Å². The molecule has 0 saturated carbocycles. The Kier molecular flexibility index (Phi) is 7.02. The molecule has 1 fully saturated rings. The van der Waals surface area contributed by atoms with E-state index in [9.17, 15) is 9.59 Å². The SMILES string of the molecule is O=C(CCc1ccc(Cl)cc1)Nc1cccc2c(=O)n(CCN3CCOCC3)ccc12. The van der Waals surface area contributed by atoms with Gasteiger partial charge < -0.3 is 14.6 Å². The molecule has 1 N–H and O–H groups in total. The first kappa shape index (κ1) is 21.6. The van der Waals surface area contributed by atoms with Crippen LogP contribution in [-0.4, -0.2) is 48.2 Å². The number of rotatable bonds is 7. The Labute approximate surface area is 186 Å². The second-order valence-electron chi connectivity index (χ2n) is 7.71. The lowest BCUT2D eigenvalue weighted by molar-refractivity contribution is -0.116. The Morgan fingerprint density at radius 1 is 1.00 bits per heavy atom. The van der Waals surface area contributed by atoms with E-state index < -0.39 is 0 Å². The van der Waals surface area contributed by atoms with Gasteiger partial charge in [-0.2, -0.15) is 0 Å². The number of carbonyl (C=O) groups is 1. The number of carbonyl (C=O) groups excluding carboxylic acids is 1. The van der Waals surface area contributed by atoms with Crippen molar-refractivity contribution in [3.05, 3.63) is 75.7 Å². The Bertz CT molecular complexity index is 1110. The lowest BCUT2D eigenvalue weighted by Gasteiger charge is -2.26. The minimum atomic E-state index is -0.0843. The maximum atomic E-state index is 13.0. The number of hydrogen-bond acceptors (Lipinski definition) is 4. The zero-order chi connectivity index (χ0) is 21.6. The maximum absolute atomic E-state index is 13.0. The molecular formula is C24H26ClN3O3. The highest BCUT2D eigenvalue weighted by molar-refractivity contribution is 6.30. The van der Waals surface area contributed by atoms with E-state index in [1.165, 1.54) is 0 Å². The molecule has 0 aliphatic carbocycles. The highest BCUT2D eigenvalue weighted by Gasteiger charge is 2.12. The number of pyridine rings is 1. The molecule has 3 aromatic rings. The van der Waals surface area contributed by atoms with Gasteiger partial charge in [0.15, 0.2) is 0 Å². The monoisotopic (exact) mass is 439 g/mol. The van der Waals surface area contributed by atoms with Crippen LogP contribution in [0.2, 0.25) is 5.02 Å². The summed E-state index contributed by atoms with van der Waals surface area (Å²) in [6.07, 6.45) is 2.80. The molecule has 4 rings (SSSR count). The summed E-state index contributed by atoms with van der Waals surface area (Å²) in [5, 5.41) is 5.01. The van der Waals surface area contributed by atoms with Crippen molar-refractivity contribution < 1.29 is 9.53 Å². The predicted octanol–water partition coefficient (Wildman–Crippen LogP) is 3.56. The summed E-state index contributed by atoms with van der Waals surface area (Å²) >= 11 is 5.91. The van der Waals surface area contributed by atoms with Crippen molar-refractivity contribution in [3.63, 3.8) is 0 Å². The molecule has 7 heteroatoms. The molecule has 1 aromatic heterocycles. The number of fused-ring (bicyclic) bond motifs is 1. The van der Waals surface area contributed by atoms with E-state index >= 15 is 0 Å². The zero-order valence-electron chi connectivity index (χ0n) is 17.4. The topological polar surface area (TPSA) is 63.6 Å². The van der Waals surface area contributed by atoms with Gasteiger partial charge in [0.05, 0.1) is 13.2 Å². The van der Waals surface area contributed by atoms with Crippen molar-refractivity contribution >= 4 is 34.0 Å². The van der Waals surface area contributed by atoms with Crippen LogP contribution >= 0.6 is 11.6 Å². The first-order valence-corrected chi connectivity index (χ1v) is 10.9. The smallest absolute Gasteiger partial charge is 0.258 e. The summed E-state index contributed by atoms with van der Waals surface area (Å²) in [4.78, 5) is 27.8. The molecule has 2 heterocycles. The van der Waals surface area contributed by atoms with E-state index in [2.05, 4.69) is 10.2 Å². The van der Waals surface area contributed by atoms with E-state index in [0.29, 0.717) is 35.5 Å². The number of nitrogens with one attached hydrogen (secondary N) is 1. The minimum Gasteiger partial charge on any atom is -0.379 e. The summed E-state index contributed by atoms with van der Waals surface area (Å²) in [5.74, 6) is -0.0843. The molecule has 31 heavy (non-hydrogen) atoms. The normalized spacial score (nSPS) is 14.6.